The molecule has 0 aliphatic heterocycles. The molecule has 0 saturated carbocycles. The Bertz CT molecular complexity index is 624. The second-order valence-electron chi connectivity index (χ2n) is 5.12. The Balaban J connectivity index is 1.77. The van der Waals surface area contributed by atoms with Crippen LogP contribution in [0, 0.1) is 6.92 Å². The van der Waals surface area contributed by atoms with Crippen LogP contribution in [-0.4, -0.2) is 6.04 Å². The number of halogens is 2. The highest BCUT2D eigenvalue weighted by Gasteiger charge is 2.21. The molecule has 0 radical (unpaired) electrons. The summed E-state index contributed by atoms with van der Waals surface area (Å²) in [6.07, 6.45) is 2.12. The van der Waals surface area contributed by atoms with Gasteiger partial charge in [-0.15, -0.1) is 0 Å². The molecule has 19 heavy (non-hydrogen) atoms. The van der Waals surface area contributed by atoms with Crippen molar-refractivity contribution < 1.29 is 0 Å². The average molecular weight is 337 g/mol. The molecule has 0 amide bonds. The zero-order valence-corrected chi connectivity index (χ0v) is 13.1. The lowest BCUT2D eigenvalue weighted by atomic mass is 10.1. The lowest BCUT2D eigenvalue weighted by Gasteiger charge is -2.16. The van der Waals surface area contributed by atoms with E-state index in [-0.39, 0.29) is 0 Å². The van der Waals surface area contributed by atoms with Crippen LogP contribution in [0.1, 0.15) is 16.7 Å². The predicted octanol–water partition coefficient (Wildman–Crippen LogP) is 4.99. The first-order valence-corrected chi connectivity index (χ1v) is 7.59. The summed E-state index contributed by atoms with van der Waals surface area (Å²) in [6, 6.07) is 13.0. The molecule has 0 spiro atoms. The van der Waals surface area contributed by atoms with Gasteiger partial charge in [-0.1, -0.05) is 33.6 Å². The molecule has 0 bridgehead atoms. The predicted molar refractivity (Wildman–Crippen MR) is 85.1 cm³/mol. The van der Waals surface area contributed by atoms with E-state index in [1.165, 1.54) is 22.4 Å². The molecular formula is C16H15BrClN. The van der Waals surface area contributed by atoms with Gasteiger partial charge in [-0.2, -0.15) is 0 Å². The Hall–Kier alpha value is -0.990. The molecule has 3 heteroatoms. The van der Waals surface area contributed by atoms with Crippen LogP contribution in [0.25, 0.3) is 0 Å². The van der Waals surface area contributed by atoms with Crippen molar-refractivity contribution in [2.45, 2.75) is 25.8 Å². The fourth-order valence-corrected chi connectivity index (χ4v) is 3.37. The van der Waals surface area contributed by atoms with Crippen LogP contribution in [0.3, 0.4) is 0 Å². The maximum absolute atomic E-state index is 6.05. The Morgan fingerprint density at radius 1 is 1.11 bits per heavy atom. The van der Waals surface area contributed by atoms with Gasteiger partial charge in [-0.3, -0.25) is 0 Å². The Morgan fingerprint density at radius 3 is 2.68 bits per heavy atom. The lowest BCUT2D eigenvalue weighted by Crippen LogP contribution is -2.19. The van der Waals surface area contributed by atoms with Gasteiger partial charge in [0, 0.05) is 21.2 Å². The van der Waals surface area contributed by atoms with Crippen LogP contribution in [-0.2, 0) is 12.8 Å². The molecule has 1 atom stereocenters. The van der Waals surface area contributed by atoms with E-state index in [0.29, 0.717) is 6.04 Å². The minimum absolute atomic E-state index is 0.466. The highest BCUT2D eigenvalue weighted by Crippen LogP contribution is 2.28. The molecule has 0 fully saturated rings. The first-order valence-electron chi connectivity index (χ1n) is 6.42. The summed E-state index contributed by atoms with van der Waals surface area (Å²) in [4.78, 5) is 0. The third-order valence-corrected chi connectivity index (χ3v) is 4.38. The van der Waals surface area contributed by atoms with Gasteiger partial charge < -0.3 is 5.32 Å². The van der Waals surface area contributed by atoms with Crippen molar-refractivity contribution in [3.8, 4) is 0 Å². The molecule has 1 nitrogen and oxygen atoms in total. The number of hydrogen-bond acceptors (Lipinski definition) is 1. The fraction of sp³-hybridized carbons (Fsp3) is 0.250. The summed E-state index contributed by atoms with van der Waals surface area (Å²) in [5.74, 6) is 0. The molecule has 1 aliphatic rings. The number of fused-ring (bicyclic) bond motifs is 1. The minimum Gasteiger partial charge on any atom is -0.381 e. The molecule has 0 aromatic heterocycles. The van der Waals surface area contributed by atoms with E-state index in [2.05, 4.69) is 58.5 Å². The summed E-state index contributed by atoms with van der Waals surface area (Å²) in [5.41, 5.74) is 5.27. The van der Waals surface area contributed by atoms with Crippen molar-refractivity contribution in [1.82, 2.24) is 0 Å². The van der Waals surface area contributed by atoms with Gasteiger partial charge in [-0.05, 0) is 66.8 Å². The van der Waals surface area contributed by atoms with E-state index in [1.807, 2.05) is 6.07 Å². The summed E-state index contributed by atoms with van der Waals surface area (Å²) >= 11 is 9.55. The molecular weight excluding hydrogens is 322 g/mol. The normalized spacial score (nSPS) is 17.3. The van der Waals surface area contributed by atoms with Gasteiger partial charge in [0.25, 0.3) is 0 Å². The monoisotopic (exact) mass is 335 g/mol. The largest absolute Gasteiger partial charge is 0.381 e. The summed E-state index contributed by atoms with van der Waals surface area (Å²) < 4.78 is 1.12. The second kappa shape index (κ2) is 5.18. The molecule has 0 saturated heterocycles. The first kappa shape index (κ1) is 13.0. The van der Waals surface area contributed by atoms with Gasteiger partial charge in [0.05, 0.1) is 0 Å². The highest BCUT2D eigenvalue weighted by atomic mass is 79.9. The molecule has 1 N–H and O–H groups in total. The lowest BCUT2D eigenvalue weighted by molar-refractivity contribution is 0.773. The van der Waals surface area contributed by atoms with Crippen molar-refractivity contribution in [1.29, 1.82) is 0 Å². The Labute approximate surface area is 127 Å². The van der Waals surface area contributed by atoms with E-state index >= 15 is 0 Å². The number of anilines is 1. The maximum Gasteiger partial charge on any atom is 0.0408 e. The van der Waals surface area contributed by atoms with Crippen molar-refractivity contribution in [3.63, 3.8) is 0 Å². The third kappa shape index (κ3) is 2.80. The minimum atomic E-state index is 0.466. The van der Waals surface area contributed by atoms with E-state index in [4.69, 9.17) is 11.6 Å². The SMILES string of the molecule is Cc1cc(Br)ccc1NC1Cc2ccc(Cl)cc2C1. The fourth-order valence-electron chi connectivity index (χ4n) is 2.70. The first-order chi connectivity index (χ1) is 9.11. The number of nitrogens with one attached hydrogen (secondary N) is 1. The van der Waals surface area contributed by atoms with Crippen molar-refractivity contribution in [2.24, 2.45) is 0 Å². The highest BCUT2D eigenvalue weighted by molar-refractivity contribution is 9.10. The Kier molecular flexibility index (Phi) is 3.55. The number of aryl methyl sites for hydroxylation is 1. The van der Waals surface area contributed by atoms with Crippen LogP contribution < -0.4 is 5.32 Å². The topological polar surface area (TPSA) is 12.0 Å². The summed E-state index contributed by atoms with van der Waals surface area (Å²) in [5, 5.41) is 4.47. The van der Waals surface area contributed by atoms with Gasteiger partial charge >= 0.3 is 0 Å². The van der Waals surface area contributed by atoms with E-state index in [1.54, 1.807) is 0 Å². The smallest absolute Gasteiger partial charge is 0.0408 e. The summed E-state index contributed by atoms with van der Waals surface area (Å²) in [7, 11) is 0. The molecule has 1 unspecified atom stereocenters. The quantitative estimate of drug-likeness (QED) is 0.814. The van der Waals surface area contributed by atoms with Gasteiger partial charge in [0.1, 0.15) is 0 Å². The van der Waals surface area contributed by atoms with Gasteiger partial charge in [0.15, 0.2) is 0 Å². The molecule has 2 aromatic carbocycles. The van der Waals surface area contributed by atoms with Gasteiger partial charge in [0.2, 0.25) is 0 Å². The van der Waals surface area contributed by atoms with Crippen LogP contribution >= 0.6 is 27.5 Å². The van der Waals surface area contributed by atoms with E-state index in [9.17, 15) is 0 Å². The number of rotatable bonds is 2. The average Bonchev–Trinajstić information content (AvgIpc) is 2.74. The molecule has 98 valence electrons. The maximum atomic E-state index is 6.05. The molecule has 3 rings (SSSR count). The standard InChI is InChI=1S/C16H15BrClN/c1-10-6-13(17)3-5-16(10)19-15-8-11-2-4-14(18)7-12(11)9-15/h2-7,15,19H,8-9H2,1H3. The van der Waals surface area contributed by atoms with Crippen LogP contribution in [0.4, 0.5) is 5.69 Å². The number of hydrogen-bond donors (Lipinski definition) is 1. The van der Waals surface area contributed by atoms with Crippen LogP contribution in [0.15, 0.2) is 40.9 Å². The number of benzene rings is 2. The van der Waals surface area contributed by atoms with Crippen molar-refractivity contribution >= 4 is 33.2 Å². The van der Waals surface area contributed by atoms with E-state index in [0.717, 1.165) is 22.3 Å². The zero-order chi connectivity index (χ0) is 13.4. The second-order valence-corrected chi connectivity index (χ2v) is 6.47. The third-order valence-electron chi connectivity index (χ3n) is 3.65. The van der Waals surface area contributed by atoms with Crippen molar-refractivity contribution in [3.05, 3.63) is 62.6 Å². The van der Waals surface area contributed by atoms with Crippen LogP contribution in [0.5, 0.6) is 0 Å². The molecule has 2 aromatic rings. The van der Waals surface area contributed by atoms with Crippen LogP contribution in [0.2, 0.25) is 5.02 Å². The molecule has 1 aliphatic carbocycles. The van der Waals surface area contributed by atoms with Crippen molar-refractivity contribution in [2.75, 3.05) is 5.32 Å². The molecule has 0 heterocycles. The summed E-state index contributed by atoms with van der Waals surface area (Å²) in [6.45, 7) is 2.13. The Morgan fingerprint density at radius 2 is 1.89 bits per heavy atom. The van der Waals surface area contributed by atoms with Gasteiger partial charge in [-0.25, -0.2) is 0 Å². The zero-order valence-electron chi connectivity index (χ0n) is 10.7. The van der Waals surface area contributed by atoms with E-state index < -0.39 is 0 Å².